The molecule has 9 heteroatoms. The fraction of sp³-hybridized carbons (Fsp3) is 0.238. The summed E-state index contributed by atoms with van der Waals surface area (Å²) in [5.74, 6) is -1.53. The van der Waals surface area contributed by atoms with Crippen LogP contribution < -0.4 is 15.7 Å². The highest BCUT2D eigenvalue weighted by atomic mass is 19.4. The Morgan fingerprint density at radius 3 is 2.57 bits per heavy atom. The Morgan fingerprint density at radius 2 is 1.90 bits per heavy atom. The van der Waals surface area contributed by atoms with Gasteiger partial charge in [0.25, 0.3) is 0 Å². The van der Waals surface area contributed by atoms with Crippen molar-refractivity contribution in [2.75, 3.05) is 12.4 Å². The third kappa shape index (κ3) is 4.45. The molecule has 2 aromatic carbocycles. The summed E-state index contributed by atoms with van der Waals surface area (Å²) in [5, 5.41) is 2.97. The summed E-state index contributed by atoms with van der Waals surface area (Å²) >= 11 is 0. The molecule has 0 bridgehead atoms. The number of ether oxygens (including phenoxy) is 1. The minimum Gasteiger partial charge on any atom is -0.497 e. The highest BCUT2D eigenvalue weighted by Gasteiger charge is 2.34. The first-order valence-electron chi connectivity index (χ1n) is 8.87. The molecule has 1 N–H and O–H groups in total. The summed E-state index contributed by atoms with van der Waals surface area (Å²) in [6.07, 6.45) is -5.03. The first-order valence-corrected chi connectivity index (χ1v) is 8.87. The molecule has 0 saturated heterocycles. The van der Waals surface area contributed by atoms with Gasteiger partial charge in [-0.1, -0.05) is 0 Å². The number of aryl methyl sites for hydroxylation is 1. The van der Waals surface area contributed by atoms with Crippen molar-refractivity contribution in [3.63, 3.8) is 0 Å². The van der Waals surface area contributed by atoms with Gasteiger partial charge < -0.3 is 14.5 Å². The first-order chi connectivity index (χ1) is 14.1. The number of nitrogens with one attached hydrogen (secondary N) is 1. The van der Waals surface area contributed by atoms with Gasteiger partial charge in [-0.3, -0.25) is 4.79 Å². The lowest BCUT2D eigenvalue weighted by Crippen LogP contribution is -2.17. The summed E-state index contributed by atoms with van der Waals surface area (Å²) in [6, 6.07) is 7.20. The number of hydrogen-bond donors (Lipinski definition) is 1. The molecule has 5 nitrogen and oxygen atoms in total. The van der Waals surface area contributed by atoms with Crippen LogP contribution in [0.15, 0.2) is 45.6 Å². The van der Waals surface area contributed by atoms with Gasteiger partial charge in [-0.05, 0) is 49.2 Å². The minimum atomic E-state index is -4.88. The zero-order chi connectivity index (χ0) is 22.1. The Labute approximate surface area is 168 Å². The summed E-state index contributed by atoms with van der Waals surface area (Å²) in [6.45, 7) is 1.72. The smallest absolute Gasteiger partial charge is 0.419 e. The number of carbonyl (C=O) groups excluding carboxylic acids is 1. The Hall–Kier alpha value is -3.36. The summed E-state index contributed by atoms with van der Waals surface area (Å²) in [7, 11) is 1.48. The maximum absolute atomic E-state index is 13.4. The van der Waals surface area contributed by atoms with Crippen molar-refractivity contribution in [2.45, 2.75) is 25.9 Å². The lowest BCUT2D eigenvalue weighted by molar-refractivity contribution is -0.140. The molecule has 0 fully saturated rings. The molecule has 1 aromatic heterocycles. The largest absolute Gasteiger partial charge is 0.497 e. The van der Waals surface area contributed by atoms with E-state index in [-0.39, 0.29) is 24.1 Å². The number of fused-ring (bicyclic) bond motifs is 1. The van der Waals surface area contributed by atoms with E-state index in [2.05, 4.69) is 5.32 Å². The fourth-order valence-electron chi connectivity index (χ4n) is 3.07. The third-order valence-corrected chi connectivity index (χ3v) is 4.65. The second-order valence-corrected chi connectivity index (χ2v) is 6.60. The van der Waals surface area contributed by atoms with Gasteiger partial charge in [-0.15, -0.1) is 0 Å². The number of anilines is 1. The van der Waals surface area contributed by atoms with E-state index in [1.165, 1.54) is 7.11 Å². The molecule has 3 aromatic rings. The number of methoxy groups -OCH3 is 1. The molecule has 3 rings (SSSR count). The zero-order valence-electron chi connectivity index (χ0n) is 16.0. The number of amides is 1. The topological polar surface area (TPSA) is 68.5 Å². The van der Waals surface area contributed by atoms with Crippen LogP contribution in [0.1, 0.15) is 23.1 Å². The Balaban J connectivity index is 1.77. The lowest BCUT2D eigenvalue weighted by Gasteiger charge is -2.11. The fourth-order valence-corrected chi connectivity index (χ4v) is 3.07. The number of hydrogen-bond acceptors (Lipinski definition) is 4. The summed E-state index contributed by atoms with van der Waals surface area (Å²) in [4.78, 5) is 24.5. The molecule has 0 radical (unpaired) electrons. The molecule has 158 valence electrons. The van der Waals surface area contributed by atoms with Crippen LogP contribution in [-0.4, -0.2) is 13.0 Å². The second-order valence-electron chi connectivity index (χ2n) is 6.60. The van der Waals surface area contributed by atoms with Crippen molar-refractivity contribution in [2.24, 2.45) is 0 Å². The van der Waals surface area contributed by atoms with Crippen LogP contribution in [0.3, 0.4) is 0 Å². The molecule has 0 unspecified atom stereocenters. The normalized spacial score (nSPS) is 11.5. The molecule has 0 spiro atoms. The Bertz CT molecular complexity index is 1170. The number of benzene rings is 2. The van der Waals surface area contributed by atoms with Crippen LogP contribution in [-0.2, 0) is 17.4 Å². The van der Waals surface area contributed by atoms with E-state index in [0.717, 1.165) is 6.07 Å². The molecule has 0 saturated carbocycles. The average molecular weight is 423 g/mol. The molecule has 0 aliphatic rings. The predicted octanol–water partition coefficient (Wildman–Crippen LogP) is 4.84. The van der Waals surface area contributed by atoms with E-state index >= 15 is 0 Å². The van der Waals surface area contributed by atoms with Crippen LogP contribution in [0.5, 0.6) is 5.75 Å². The molecular weight excluding hydrogens is 406 g/mol. The van der Waals surface area contributed by atoms with Crippen molar-refractivity contribution < 1.29 is 31.5 Å². The summed E-state index contributed by atoms with van der Waals surface area (Å²) < 4.78 is 62.1. The van der Waals surface area contributed by atoms with Gasteiger partial charge in [-0.2, -0.15) is 13.2 Å². The second kappa shape index (κ2) is 8.17. The van der Waals surface area contributed by atoms with Crippen LogP contribution in [0, 0.1) is 12.7 Å². The molecule has 0 aliphatic heterocycles. The van der Waals surface area contributed by atoms with Gasteiger partial charge in [-0.25, -0.2) is 9.18 Å². The van der Waals surface area contributed by atoms with Gasteiger partial charge in [0, 0.05) is 29.1 Å². The number of alkyl halides is 3. The monoisotopic (exact) mass is 423 g/mol. The minimum absolute atomic E-state index is 0.0231. The average Bonchev–Trinajstić information content (AvgIpc) is 2.67. The van der Waals surface area contributed by atoms with Gasteiger partial charge in [0.1, 0.15) is 17.1 Å². The molecule has 30 heavy (non-hydrogen) atoms. The molecular formula is C21H17F4NO4. The van der Waals surface area contributed by atoms with Crippen LogP contribution in [0.25, 0.3) is 11.0 Å². The number of rotatable bonds is 5. The van der Waals surface area contributed by atoms with Crippen molar-refractivity contribution in [1.82, 2.24) is 0 Å². The Morgan fingerprint density at radius 1 is 1.17 bits per heavy atom. The SMILES string of the molecule is COc1ccc2c(C)c(CCC(=O)Nc3ccc(F)c(C(F)(F)F)c3)c(=O)oc2c1. The van der Waals surface area contributed by atoms with E-state index in [1.807, 2.05) is 0 Å². The van der Waals surface area contributed by atoms with E-state index in [9.17, 15) is 27.2 Å². The molecule has 0 aliphatic carbocycles. The van der Waals surface area contributed by atoms with Gasteiger partial charge in [0.2, 0.25) is 5.91 Å². The predicted molar refractivity (Wildman–Crippen MR) is 102 cm³/mol. The number of carbonyl (C=O) groups is 1. The zero-order valence-corrected chi connectivity index (χ0v) is 16.0. The summed E-state index contributed by atoms with van der Waals surface area (Å²) in [5.41, 5.74) is -1.00. The maximum Gasteiger partial charge on any atom is 0.419 e. The Kier molecular flexibility index (Phi) is 5.82. The molecule has 1 amide bonds. The van der Waals surface area contributed by atoms with Crippen LogP contribution >= 0.6 is 0 Å². The molecule has 0 atom stereocenters. The standard InChI is InChI=1S/C21H17F4NO4/c1-11-14-5-4-13(29-2)10-18(14)30-20(28)15(11)6-8-19(27)26-12-3-7-17(22)16(9-12)21(23,24)25/h3-5,7,9-10H,6,8H2,1-2H3,(H,26,27). The van der Waals surface area contributed by atoms with E-state index in [4.69, 9.17) is 9.15 Å². The lowest BCUT2D eigenvalue weighted by atomic mass is 10.0. The van der Waals surface area contributed by atoms with Gasteiger partial charge >= 0.3 is 11.8 Å². The van der Waals surface area contributed by atoms with Crippen molar-refractivity contribution in [3.8, 4) is 5.75 Å². The molecule has 1 heterocycles. The van der Waals surface area contributed by atoms with E-state index in [0.29, 0.717) is 34.4 Å². The third-order valence-electron chi connectivity index (χ3n) is 4.65. The highest BCUT2D eigenvalue weighted by Crippen LogP contribution is 2.33. The maximum atomic E-state index is 13.4. The van der Waals surface area contributed by atoms with Crippen molar-refractivity contribution in [3.05, 3.63) is 69.3 Å². The van der Waals surface area contributed by atoms with Crippen molar-refractivity contribution in [1.29, 1.82) is 0 Å². The quantitative estimate of drug-likeness (QED) is 0.471. The van der Waals surface area contributed by atoms with E-state index in [1.54, 1.807) is 25.1 Å². The van der Waals surface area contributed by atoms with Crippen molar-refractivity contribution >= 4 is 22.6 Å². The van der Waals surface area contributed by atoms with Crippen LogP contribution in [0.2, 0.25) is 0 Å². The highest BCUT2D eigenvalue weighted by molar-refractivity contribution is 5.91. The van der Waals surface area contributed by atoms with Gasteiger partial charge in [0.05, 0.1) is 12.7 Å². The first kappa shape index (κ1) is 21.4. The van der Waals surface area contributed by atoms with E-state index < -0.39 is 29.1 Å². The van der Waals surface area contributed by atoms with Gasteiger partial charge in [0.15, 0.2) is 0 Å². The number of halogens is 4. The van der Waals surface area contributed by atoms with Crippen LogP contribution in [0.4, 0.5) is 23.2 Å².